The van der Waals surface area contributed by atoms with Gasteiger partial charge in [0.25, 0.3) is 0 Å². The summed E-state index contributed by atoms with van der Waals surface area (Å²) < 4.78 is 5.89. The third-order valence-corrected chi connectivity index (χ3v) is 4.56. The SMILES string of the molecule is CC(=O)NCCC(=O)Nc1cc(Cl)ccc1Oc1ccc(C(=O)c2ccccc2)cc1. The number of halogens is 1. The van der Waals surface area contributed by atoms with Gasteiger partial charge in [0.1, 0.15) is 5.75 Å². The number of anilines is 1. The lowest BCUT2D eigenvalue weighted by Crippen LogP contribution is -2.25. The highest BCUT2D eigenvalue weighted by Gasteiger charge is 2.12. The molecule has 2 amide bonds. The fraction of sp³-hybridized carbons (Fsp3) is 0.125. The maximum absolute atomic E-state index is 12.5. The Balaban J connectivity index is 1.70. The van der Waals surface area contributed by atoms with E-state index in [0.29, 0.717) is 33.3 Å². The third-order valence-electron chi connectivity index (χ3n) is 4.32. The van der Waals surface area contributed by atoms with Gasteiger partial charge in [0.2, 0.25) is 11.8 Å². The molecule has 3 aromatic carbocycles. The average Bonchev–Trinajstić information content (AvgIpc) is 2.76. The van der Waals surface area contributed by atoms with E-state index in [1.807, 2.05) is 18.2 Å². The number of amides is 2. The molecule has 0 aliphatic rings. The number of hydrogen-bond acceptors (Lipinski definition) is 4. The molecule has 0 saturated heterocycles. The van der Waals surface area contributed by atoms with Crippen LogP contribution in [0.5, 0.6) is 11.5 Å². The average molecular weight is 437 g/mol. The zero-order valence-electron chi connectivity index (χ0n) is 16.9. The van der Waals surface area contributed by atoms with Crippen molar-refractivity contribution in [3.63, 3.8) is 0 Å². The van der Waals surface area contributed by atoms with E-state index in [1.165, 1.54) is 6.92 Å². The van der Waals surface area contributed by atoms with Gasteiger partial charge in [-0.15, -0.1) is 0 Å². The number of rotatable bonds is 8. The maximum Gasteiger partial charge on any atom is 0.226 e. The Morgan fingerprint density at radius 3 is 2.26 bits per heavy atom. The van der Waals surface area contributed by atoms with E-state index in [1.54, 1.807) is 54.6 Å². The number of carbonyl (C=O) groups excluding carboxylic acids is 3. The second kappa shape index (κ2) is 10.4. The smallest absolute Gasteiger partial charge is 0.226 e. The molecule has 0 radical (unpaired) electrons. The summed E-state index contributed by atoms with van der Waals surface area (Å²) in [6.45, 7) is 1.62. The summed E-state index contributed by atoms with van der Waals surface area (Å²) in [4.78, 5) is 35.6. The standard InChI is InChI=1S/C24H21ClN2O4/c1-16(28)26-14-13-23(29)27-21-15-19(25)9-12-22(21)31-20-10-7-18(8-11-20)24(30)17-5-3-2-4-6-17/h2-12,15H,13-14H2,1H3,(H,26,28)(H,27,29). The highest BCUT2D eigenvalue weighted by molar-refractivity contribution is 6.31. The van der Waals surface area contributed by atoms with Crippen LogP contribution in [0.4, 0.5) is 5.69 Å². The highest BCUT2D eigenvalue weighted by Crippen LogP contribution is 2.32. The normalized spacial score (nSPS) is 10.3. The van der Waals surface area contributed by atoms with Gasteiger partial charge < -0.3 is 15.4 Å². The summed E-state index contributed by atoms with van der Waals surface area (Å²) in [5.74, 6) is 0.337. The van der Waals surface area contributed by atoms with E-state index in [0.717, 1.165) is 0 Å². The Morgan fingerprint density at radius 1 is 0.903 bits per heavy atom. The third kappa shape index (κ3) is 6.42. The van der Waals surface area contributed by atoms with Gasteiger partial charge in [-0.2, -0.15) is 0 Å². The summed E-state index contributed by atoms with van der Waals surface area (Å²) in [6.07, 6.45) is 0.113. The van der Waals surface area contributed by atoms with Gasteiger partial charge in [-0.05, 0) is 42.5 Å². The van der Waals surface area contributed by atoms with E-state index >= 15 is 0 Å². The highest BCUT2D eigenvalue weighted by atomic mass is 35.5. The lowest BCUT2D eigenvalue weighted by atomic mass is 10.0. The van der Waals surface area contributed by atoms with Crippen molar-refractivity contribution in [2.24, 2.45) is 0 Å². The molecule has 0 spiro atoms. The van der Waals surface area contributed by atoms with Crippen molar-refractivity contribution < 1.29 is 19.1 Å². The Hall–Kier alpha value is -3.64. The minimum absolute atomic E-state index is 0.0780. The zero-order chi connectivity index (χ0) is 22.2. The molecule has 7 heteroatoms. The topological polar surface area (TPSA) is 84.5 Å². The second-order valence-electron chi connectivity index (χ2n) is 6.74. The number of ether oxygens (including phenoxy) is 1. The van der Waals surface area contributed by atoms with Crippen LogP contribution in [0, 0.1) is 0 Å². The number of hydrogen-bond donors (Lipinski definition) is 2. The van der Waals surface area contributed by atoms with Crippen LogP contribution in [0.15, 0.2) is 72.8 Å². The lowest BCUT2D eigenvalue weighted by molar-refractivity contribution is -0.119. The molecular formula is C24H21ClN2O4. The van der Waals surface area contributed by atoms with Crippen LogP contribution in [0.2, 0.25) is 5.02 Å². The van der Waals surface area contributed by atoms with E-state index in [-0.39, 0.29) is 30.6 Å². The summed E-state index contributed by atoms with van der Waals surface area (Å²) in [5.41, 5.74) is 1.56. The Morgan fingerprint density at radius 2 is 1.58 bits per heavy atom. The molecule has 0 aromatic heterocycles. The van der Waals surface area contributed by atoms with Crippen LogP contribution < -0.4 is 15.4 Å². The Kier molecular flexibility index (Phi) is 7.40. The summed E-state index contributed by atoms with van der Waals surface area (Å²) in [7, 11) is 0. The van der Waals surface area contributed by atoms with Crippen molar-refractivity contribution in [3.8, 4) is 11.5 Å². The van der Waals surface area contributed by atoms with E-state index in [2.05, 4.69) is 10.6 Å². The quantitative estimate of drug-likeness (QED) is 0.495. The molecule has 158 valence electrons. The molecule has 6 nitrogen and oxygen atoms in total. The maximum atomic E-state index is 12.5. The predicted molar refractivity (Wildman–Crippen MR) is 120 cm³/mol. The number of carbonyl (C=O) groups is 3. The van der Waals surface area contributed by atoms with Crippen LogP contribution in [0.3, 0.4) is 0 Å². The van der Waals surface area contributed by atoms with Crippen molar-refractivity contribution >= 4 is 34.9 Å². The summed E-state index contributed by atoms with van der Waals surface area (Å²) in [5, 5.41) is 5.75. The van der Waals surface area contributed by atoms with Crippen LogP contribution in [-0.2, 0) is 9.59 Å². The van der Waals surface area contributed by atoms with E-state index < -0.39 is 0 Å². The van der Waals surface area contributed by atoms with Gasteiger partial charge in [0.15, 0.2) is 11.5 Å². The zero-order valence-corrected chi connectivity index (χ0v) is 17.6. The molecule has 3 aromatic rings. The molecule has 31 heavy (non-hydrogen) atoms. The predicted octanol–water partition coefficient (Wildman–Crippen LogP) is 4.83. The minimum Gasteiger partial charge on any atom is -0.455 e. The van der Waals surface area contributed by atoms with Gasteiger partial charge in [-0.25, -0.2) is 0 Å². The van der Waals surface area contributed by atoms with Gasteiger partial charge >= 0.3 is 0 Å². The van der Waals surface area contributed by atoms with E-state index in [9.17, 15) is 14.4 Å². The van der Waals surface area contributed by atoms with Gasteiger partial charge in [-0.1, -0.05) is 41.9 Å². The molecule has 0 aliphatic carbocycles. The molecule has 3 rings (SSSR count). The van der Waals surface area contributed by atoms with Crippen molar-refractivity contribution in [1.29, 1.82) is 0 Å². The number of nitrogens with one attached hydrogen (secondary N) is 2. The van der Waals surface area contributed by atoms with Crippen LogP contribution >= 0.6 is 11.6 Å². The first kappa shape index (κ1) is 22.1. The first-order valence-corrected chi connectivity index (χ1v) is 10.0. The molecular weight excluding hydrogens is 416 g/mol. The van der Waals surface area contributed by atoms with Gasteiger partial charge in [0, 0.05) is 36.0 Å². The largest absolute Gasteiger partial charge is 0.455 e. The Labute approximate surface area is 185 Å². The van der Waals surface area contributed by atoms with Crippen LogP contribution in [0.1, 0.15) is 29.3 Å². The second-order valence-corrected chi connectivity index (χ2v) is 7.18. The number of ketones is 1. The monoisotopic (exact) mass is 436 g/mol. The van der Waals surface area contributed by atoms with Crippen LogP contribution in [-0.4, -0.2) is 24.1 Å². The molecule has 0 atom stereocenters. The van der Waals surface area contributed by atoms with Crippen molar-refractivity contribution in [1.82, 2.24) is 5.32 Å². The van der Waals surface area contributed by atoms with Crippen molar-refractivity contribution in [2.75, 3.05) is 11.9 Å². The molecule has 2 N–H and O–H groups in total. The molecule has 0 heterocycles. The summed E-state index contributed by atoms with van der Waals surface area (Å²) in [6, 6.07) is 20.7. The van der Waals surface area contributed by atoms with E-state index in [4.69, 9.17) is 16.3 Å². The van der Waals surface area contributed by atoms with Crippen LogP contribution in [0.25, 0.3) is 0 Å². The minimum atomic E-state index is -0.287. The Bertz CT molecular complexity index is 1080. The molecule has 0 unspecified atom stereocenters. The van der Waals surface area contributed by atoms with Gasteiger partial charge in [-0.3, -0.25) is 14.4 Å². The van der Waals surface area contributed by atoms with Gasteiger partial charge in [0.05, 0.1) is 5.69 Å². The van der Waals surface area contributed by atoms with Crippen molar-refractivity contribution in [2.45, 2.75) is 13.3 Å². The molecule has 0 aliphatic heterocycles. The lowest BCUT2D eigenvalue weighted by Gasteiger charge is -2.13. The first-order valence-electron chi connectivity index (χ1n) is 9.64. The molecule has 0 saturated carbocycles. The molecule has 0 fully saturated rings. The summed E-state index contributed by atoms with van der Waals surface area (Å²) >= 11 is 6.06. The first-order chi connectivity index (χ1) is 14.9. The van der Waals surface area contributed by atoms with Crippen molar-refractivity contribution in [3.05, 3.63) is 88.9 Å². The fourth-order valence-corrected chi connectivity index (χ4v) is 2.98. The molecule has 0 bridgehead atoms. The number of benzene rings is 3. The fourth-order valence-electron chi connectivity index (χ4n) is 2.81.